The van der Waals surface area contributed by atoms with Crippen molar-refractivity contribution in [3.63, 3.8) is 0 Å². The van der Waals surface area contributed by atoms with Crippen molar-refractivity contribution in [1.29, 1.82) is 0 Å². The van der Waals surface area contributed by atoms with E-state index in [1.165, 1.54) is 30.6 Å². The normalized spacial score (nSPS) is 17.4. The first-order valence-corrected chi connectivity index (χ1v) is 14.2. The lowest BCUT2D eigenvalue weighted by atomic mass is 9.83. The summed E-state index contributed by atoms with van der Waals surface area (Å²) in [6.07, 6.45) is -0.577. The number of nitrogens with one attached hydrogen (secondary N) is 1. The highest BCUT2D eigenvalue weighted by Gasteiger charge is 2.31. The Kier molecular flexibility index (Phi) is 8.70. The molecule has 214 valence electrons. The van der Waals surface area contributed by atoms with E-state index in [0.29, 0.717) is 18.0 Å². The van der Waals surface area contributed by atoms with Crippen molar-refractivity contribution in [3.05, 3.63) is 94.0 Å². The zero-order chi connectivity index (χ0) is 29.0. The molecule has 0 radical (unpaired) electrons. The minimum atomic E-state index is -4.58. The topological polar surface area (TPSA) is 77.5 Å². The molecule has 0 atom stereocenters. The maximum Gasteiger partial charge on any atom is 0.416 e. The van der Waals surface area contributed by atoms with E-state index in [1.54, 1.807) is 12.1 Å². The molecule has 0 spiro atoms. The summed E-state index contributed by atoms with van der Waals surface area (Å²) in [5, 5.41) is 3.56. The summed E-state index contributed by atoms with van der Waals surface area (Å²) in [4.78, 5) is 30.2. The number of ether oxygens (including phenoxy) is 2. The Morgan fingerprint density at radius 1 is 1.00 bits per heavy atom. The third-order valence-corrected chi connectivity index (χ3v) is 8.49. The monoisotopic (exact) mass is 582 g/mol. The minimum absolute atomic E-state index is 0.0800. The van der Waals surface area contributed by atoms with Crippen LogP contribution in [0.15, 0.2) is 66.7 Å². The molecule has 1 N–H and O–H groups in total. The fourth-order valence-corrected chi connectivity index (χ4v) is 6.23. The van der Waals surface area contributed by atoms with Crippen molar-refractivity contribution in [1.82, 2.24) is 4.98 Å². The highest BCUT2D eigenvalue weighted by molar-refractivity contribution is 7.18. The van der Waals surface area contributed by atoms with Gasteiger partial charge in [0.15, 0.2) is 0 Å². The predicted octanol–water partition coefficient (Wildman–Crippen LogP) is 7.84. The Morgan fingerprint density at radius 3 is 2.46 bits per heavy atom. The Labute approximate surface area is 239 Å². The van der Waals surface area contributed by atoms with Crippen molar-refractivity contribution < 1.29 is 32.2 Å². The number of hydrogen-bond acceptors (Lipinski definition) is 6. The van der Waals surface area contributed by atoms with E-state index in [-0.39, 0.29) is 22.7 Å². The van der Waals surface area contributed by atoms with Gasteiger partial charge in [0.2, 0.25) is 0 Å². The average Bonchev–Trinajstić information content (AvgIpc) is 3.40. The number of hydrogen-bond donors (Lipinski definition) is 1. The van der Waals surface area contributed by atoms with E-state index >= 15 is 0 Å². The third-order valence-electron chi connectivity index (χ3n) is 7.31. The van der Waals surface area contributed by atoms with Crippen LogP contribution in [0.25, 0.3) is 10.2 Å². The molecule has 1 saturated carbocycles. The number of fused-ring (bicyclic) bond motifs is 1. The summed E-state index contributed by atoms with van der Waals surface area (Å²) < 4.78 is 51.0. The van der Waals surface area contributed by atoms with Gasteiger partial charge in [0.05, 0.1) is 45.8 Å². The summed E-state index contributed by atoms with van der Waals surface area (Å²) in [6.45, 7) is 1.33. The van der Waals surface area contributed by atoms with Crippen molar-refractivity contribution >= 4 is 39.1 Å². The van der Waals surface area contributed by atoms with Gasteiger partial charge in [-0.2, -0.15) is 13.2 Å². The number of nitrogens with zero attached hydrogens (tertiary/aromatic N) is 1. The molecular formula is C31H29F3N2O4S. The number of aromatic nitrogens is 1. The molecule has 5 rings (SSSR count). The van der Waals surface area contributed by atoms with Crippen LogP contribution in [0.3, 0.4) is 0 Å². The van der Waals surface area contributed by atoms with Crippen LogP contribution in [0, 0.1) is 5.92 Å². The summed E-state index contributed by atoms with van der Waals surface area (Å²) in [5.41, 5.74) is 0.893. The molecular weight excluding hydrogens is 553 g/mol. The maximum absolute atomic E-state index is 13.1. The lowest BCUT2D eigenvalue weighted by molar-refractivity contribution is -0.137. The highest BCUT2D eigenvalue weighted by atomic mass is 32.1. The lowest BCUT2D eigenvalue weighted by Gasteiger charge is -2.27. The Balaban J connectivity index is 1.28. The van der Waals surface area contributed by atoms with Crippen molar-refractivity contribution in [2.24, 2.45) is 5.92 Å². The first-order valence-electron chi connectivity index (χ1n) is 13.3. The van der Waals surface area contributed by atoms with Gasteiger partial charge in [-0.1, -0.05) is 36.4 Å². The number of thiazole rings is 1. The molecule has 0 saturated heterocycles. The number of esters is 1. The Bertz CT molecular complexity index is 1530. The summed E-state index contributed by atoms with van der Waals surface area (Å²) >= 11 is 1.50. The number of halogens is 3. The quantitative estimate of drug-likeness (QED) is 0.214. The molecule has 0 bridgehead atoms. The number of benzene rings is 3. The van der Waals surface area contributed by atoms with E-state index in [1.807, 2.05) is 18.2 Å². The van der Waals surface area contributed by atoms with Crippen LogP contribution in [0.2, 0.25) is 0 Å². The van der Waals surface area contributed by atoms with Crippen molar-refractivity contribution in [2.45, 2.75) is 44.4 Å². The number of anilines is 1. The fraction of sp³-hybridized carbons (Fsp3) is 0.323. The van der Waals surface area contributed by atoms with Crippen LogP contribution in [-0.2, 0) is 22.3 Å². The third kappa shape index (κ3) is 6.94. The second-order valence-corrected chi connectivity index (χ2v) is 11.2. The number of rotatable bonds is 8. The number of carbonyl (C=O) groups is 2. The molecule has 1 amide bonds. The molecule has 1 aromatic heterocycles. The van der Waals surface area contributed by atoms with Crippen LogP contribution in [0.5, 0.6) is 0 Å². The van der Waals surface area contributed by atoms with E-state index in [0.717, 1.165) is 59.7 Å². The number of carbonyl (C=O) groups excluding carboxylic acids is 2. The largest absolute Gasteiger partial charge is 0.465 e. The highest BCUT2D eigenvalue weighted by Crippen LogP contribution is 2.40. The second-order valence-electron chi connectivity index (χ2n) is 10.2. The van der Waals surface area contributed by atoms with Crippen LogP contribution in [0.1, 0.15) is 68.5 Å². The smallest absolute Gasteiger partial charge is 0.416 e. The zero-order valence-corrected chi connectivity index (χ0v) is 23.2. The molecule has 0 unspecified atom stereocenters. The van der Waals surface area contributed by atoms with E-state index in [9.17, 15) is 22.8 Å². The van der Waals surface area contributed by atoms with E-state index in [4.69, 9.17) is 14.5 Å². The maximum atomic E-state index is 13.1. The summed E-state index contributed by atoms with van der Waals surface area (Å²) in [5.74, 6) is -0.676. The molecule has 41 heavy (non-hydrogen) atoms. The molecule has 10 heteroatoms. The van der Waals surface area contributed by atoms with Gasteiger partial charge in [-0.05, 0) is 67.5 Å². The van der Waals surface area contributed by atoms with Gasteiger partial charge in [0.1, 0.15) is 0 Å². The minimum Gasteiger partial charge on any atom is -0.465 e. The van der Waals surface area contributed by atoms with Gasteiger partial charge in [-0.15, -0.1) is 11.3 Å². The van der Waals surface area contributed by atoms with Crippen LogP contribution in [0.4, 0.5) is 18.9 Å². The summed E-state index contributed by atoms with van der Waals surface area (Å²) in [7, 11) is 1.22. The number of alkyl halides is 3. The molecule has 1 heterocycles. The molecule has 4 aromatic rings. The second kappa shape index (κ2) is 12.4. The van der Waals surface area contributed by atoms with E-state index < -0.39 is 23.6 Å². The van der Waals surface area contributed by atoms with Gasteiger partial charge >= 0.3 is 12.1 Å². The van der Waals surface area contributed by atoms with Crippen LogP contribution in [-0.4, -0.2) is 30.6 Å². The zero-order valence-electron chi connectivity index (χ0n) is 22.4. The molecule has 6 nitrogen and oxygen atoms in total. The first-order chi connectivity index (χ1) is 19.7. The average molecular weight is 583 g/mol. The summed E-state index contributed by atoms with van der Waals surface area (Å²) in [6, 6.07) is 17.4. The van der Waals surface area contributed by atoms with E-state index in [2.05, 4.69) is 17.4 Å². The molecule has 1 aliphatic rings. The number of methoxy groups -OCH3 is 1. The SMILES string of the molecule is COC(=O)c1cc2nc(C3CCC(COCc4ccccc4)CC3)sc2cc1NC(=O)c1cccc(C(F)(F)F)c1. The molecule has 1 fully saturated rings. The van der Waals surface area contributed by atoms with Gasteiger partial charge in [0.25, 0.3) is 5.91 Å². The Hall–Kier alpha value is -3.76. The van der Waals surface area contributed by atoms with Crippen molar-refractivity contribution in [3.8, 4) is 0 Å². The number of amides is 1. The van der Waals surface area contributed by atoms with Gasteiger partial charge in [0, 0.05) is 18.1 Å². The predicted molar refractivity (Wildman–Crippen MR) is 151 cm³/mol. The van der Waals surface area contributed by atoms with Gasteiger partial charge in [-0.3, -0.25) is 4.79 Å². The van der Waals surface area contributed by atoms with Gasteiger partial charge in [-0.25, -0.2) is 9.78 Å². The molecule has 3 aromatic carbocycles. The molecule has 1 aliphatic carbocycles. The van der Waals surface area contributed by atoms with Crippen LogP contribution < -0.4 is 5.32 Å². The van der Waals surface area contributed by atoms with Gasteiger partial charge < -0.3 is 14.8 Å². The first kappa shape index (κ1) is 28.8. The van der Waals surface area contributed by atoms with Crippen LogP contribution >= 0.6 is 11.3 Å². The fourth-order valence-electron chi connectivity index (χ4n) is 5.07. The standard InChI is InChI=1S/C31H29F3N2O4S/c1-39-30(38)24-15-26-27(16-25(24)35-28(37)22-8-5-9-23(14-22)31(32,33)34)41-29(36-26)21-12-10-20(11-13-21)18-40-17-19-6-3-2-4-7-19/h2-9,14-16,20-21H,10-13,17-18H2,1H3,(H,35,37). The van der Waals surface area contributed by atoms with Crippen molar-refractivity contribution in [2.75, 3.05) is 19.0 Å². The lowest BCUT2D eigenvalue weighted by Crippen LogP contribution is -2.17. The molecule has 0 aliphatic heterocycles. The Morgan fingerprint density at radius 2 is 1.76 bits per heavy atom.